The summed E-state index contributed by atoms with van der Waals surface area (Å²) in [6.07, 6.45) is -1.17. The first kappa shape index (κ1) is 11.7. The topological polar surface area (TPSA) is 37.8 Å². The Morgan fingerprint density at radius 2 is 1.76 bits per heavy atom. The molecule has 1 heterocycles. The molecule has 3 nitrogen and oxygen atoms in total. The fourth-order valence-corrected chi connectivity index (χ4v) is 1.38. The molecule has 6 heteroatoms. The van der Waals surface area contributed by atoms with E-state index < -0.39 is 12.0 Å². The molecule has 0 radical (unpaired) electrons. The standard InChI is InChI=1S/C11H8ClF2N3/c1-6-2-4-7(5-3-6)15-10-8(12)9(13)16-11(14)17-10/h2-5H,1H3,(H,15,16,17). The number of hydrogen-bond acceptors (Lipinski definition) is 3. The second-order valence-electron chi connectivity index (χ2n) is 3.44. The Balaban J connectivity index is 2.32. The van der Waals surface area contributed by atoms with Gasteiger partial charge < -0.3 is 5.32 Å². The first-order valence-electron chi connectivity index (χ1n) is 4.78. The maximum absolute atomic E-state index is 13.0. The number of nitrogens with one attached hydrogen (secondary N) is 1. The van der Waals surface area contributed by atoms with E-state index in [-0.39, 0.29) is 10.8 Å². The first-order valence-corrected chi connectivity index (χ1v) is 5.16. The third kappa shape index (κ3) is 2.68. The van der Waals surface area contributed by atoms with E-state index in [4.69, 9.17) is 11.6 Å². The van der Waals surface area contributed by atoms with Crippen LogP contribution in [0.4, 0.5) is 20.3 Å². The zero-order chi connectivity index (χ0) is 12.4. The zero-order valence-electron chi connectivity index (χ0n) is 8.84. The third-order valence-corrected chi connectivity index (χ3v) is 2.43. The molecule has 17 heavy (non-hydrogen) atoms. The van der Waals surface area contributed by atoms with E-state index in [1.54, 1.807) is 12.1 Å². The molecule has 0 aliphatic rings. The van der Waals surface area contributed by atoms with E-state index in [9.17, 15) is 8.78 Å². The molecule has 1 aromatic heterocycles. The van der Waals surface area contributed by atoms with Gasteiger partial charge in [-0.05, 0) is 19.1 Å². The van der Waals surface area contributed by atoms with Crippen LogP contribution >= 0.6 is 11.6 Å². The monoisotopic (exact) mass is 255 g/mol. The van der Waals surface area contributed by atoms with E-state index in [0.29, 0.717) is 5.69 Å². The summed E-state index contributed by atoms with van der Waals surface area (Å²) in [6.45, 7) is 1.93. The summed E-state index contributed by atoms with van der Waals surface area (Å²) in [7, 11) is 0. The van der Waals surface area contributed by atoms with Crippen LogP contribution in [-0.2, 0) is 0 Å². The Morgan fingerprint density at radius 3 is 2.41 bits per heavy atom. The smallest absolute Gasteiger partial charge is 0.313 e. The molecule has 0 aliphatic carbocycles. The van der Waals surface area contributed by atoms with Gasteiger partial charge in [-0.3, -0.25) is 0 Å². The molecule has 1 N–H and O–H groups in total. The molecular weight excluding hydrogens is 248 g/mol. The van der Waals surface area contributed by atoms with Gasteiger partial charge in [-0.2, -0.15) is 18.7 Å². The molecule has 2 rings (SSSR count). The lowest BCUT2D eigenvalue weighted by molar-refractivity contribution is 0.485. The van der Waals surface area contributed by atoms with Crippen molar-refractivity contribution in [2.45, 2.75) is 6.92 Å². The van der Waals surface area contributed by atoms with Crippen molar-refractivity contribution in [2.75, 3.05) is 5.32 Å². The second-order valence-corrected chi connectivity index (χ2v) is 3.82. The molecular formula is C11H8ClF2N3. The summed E-state index contributed by atoms with van der Waals surface area (Å²) in [5.41, 5.74) is 1.71. The maximum atomic E-state index is 13.0. The fraction of sp³-hybridized carbons (Fsp3) is 0.0909. The predicted molar refractivity (Wildman–Crippen MR) is 61.4 cm³/mol. The highest BCUT2D eigenvalue weighted by molar-refractivity contribution is 6.33. The quantitative estimate of drug-likeness (QED) is 0.660. The summed E-state index contributed by atoms with van der Waals surface area (Å²) in [4.78, 5) is 6.26. The highest BCUT2D eigenvalue weighted by Gasteiger charge is 2.12. The zero-order valence-corrected chi connectivity index (χ0v) is 9.59. The van der Waals surface area contributed by atoms with E-state index in [2.05, 4.69) is 15.3 Å². The van der Waals surface area contributed by atoms with Crippen molar-refractivity contribution in [3.05, 3.63) is 46.9 Å². The summed E-state index contributed by atoms with van der Waals surface area (Å²) in [5, 5.41) is 2.38. The van der Waals surface area contributed by atoms with Gasteiger partial charge in [0.1, 0.15) is 5.02 Å². The minimum absolute atomic E-state index is 0.0967. The number of rotatable bonds is 2. The van der Waals surface area contributed by atoms with E-state index in [0.717, 1.165) is 5.56 Å². The minimum Gasteiger partial charge on any atom is -0.339 e. The van der Waals surface area contributed by atoms with Crippen LogP contribution in [0, 0.1) is 18.9 Å². The van der Waals surface area contributed by atoms with Crippen molar-refractivity contribution >= 4 is 23.1 Å². The molecule has 2 aromatic rings. The molecule has 88 valence electrons. The number of nitrogens with zero attached hydrogens (tertiary/aromatic N) is 2. The van der Waals surface area contributed by atoms with Crippen LogP contribution in [0.15, 0.2) is 24.3 Å². The maximum Gasteiger partial charge on any atom is 0.313 e. The summed E-state index contributed by atoms with van der Waals surface area (Å²) < 4.78 is 25.9. The van der Waals surface area contributed by atoms with Crippen molar-refractivity contribution in [3.8, 4) is 0 Å². The van der Waals surface area contributed by atoms with Gasteiger partial charge in [0.15, 0.2) is 5.82 Å². The van der Waals surface area contributed by atoms with Gasteiger partial charge in [0.05, 0.1) is 0 Å². The number of aryl methyl sites for hydroxylation is 1. The van der Waals surface area contributed by atoms with Crippen molar-refractivity contribution in [3.63, 3.8) is 0 Å². The summed E-state index contributed by atoms with van der Waals surface area (Å²) in [6, 6.07) is 7.21. The van der Waals surface area contributed by atoms with E-state index in [1.165, 1.54) is 0 Å². The molecule has 0 atom stereocenters. The molecule has 1 aromatic carbocycles. The molecule has 0 saturated heterocycles. The van der Waals surface area contributed by atoms with Crippen LogP contribution < -0.4 is 5.32 Å². The SMILES string of the molecule is Cc1ccc(Nc2nc(F)nc(F)c2Cl)cc1. The Kier molecular flexibility index (Phi) is 3.19. The predicted octanol–water partition coefficient (Wildman–Crippen LogP) is 3.46. The molecule has 0 bridgehead atoms. The molecule has 0 unspecified atom stereocenters. The average molecular weight is 256 g/mol. The van der Waals surface area contributed by atoms with Crippen molar-refractivity contribution < 1.29 is 8.78 Å². The Labute approximate surface area is 101 Å². The Morgan fingerprint density at radius 1 is 1.12 bits per heavy atom. The van der Waals surface area contributed by atoms with Gasteiger partial charge in [0, 0.05) is 5.69 Å². The summed E-state index contributed by atoms with van der Waals surface area (Å²) >= 11 is 5.62. The van der Waals surface area contributed by atoms with Gasteiger partial charge >= 0.3 is 6.08 Å². The van der Waals surface area contributed by atoms with Crippen molar-refractivity contribution in [1.29, 1.82) is 0 Å². The van der Waals surface area contributed by atoms with Gasteiger partial charge in [0.2, 0.25) is 5.95 Å². The lowest BCUT2D eigenvalue weighted by atomic mass is 10.2. The van der Waals surface area contributed by atoms with Crippen LogP contribution in [0.3, 0.4) is 0 Å². The Bertz CT molecular complexity index is 543. The van der Waals surface area contributed by atoms with Crippen LogP contribution in [0.2, 0.25) is 5.02 Å². The van der Waals surface area contributed by atoms with Gasteiger partial charge in [0.25, 0.3) is 0 Å². The van der Waals surface area contributed by atoms with E-state index in [1.807, 2.05) is 19.1 Å². The molecule has 0 saturated carbocycles. The minimum atomic E-state index is -1.17. The fourth-order valence-electron chi connectivity index (χ4n) is 1.25. The van der Waals surface area contributed by atoms with Crippen LogP contribution in [-0.4, -0.2) is 9.97 Å². The first-order chi connectivity index (χ1) is 8.06. The Hall–Kier alpha value is -1.75. The lowest BCUT2D eigenvalue weighted by Gasteiger charge is -2.07. The van der Waals surface area contributed by atoms with Gasteiger partial charge in [-0.1, -0.05) is 29.3 Å². The lowest BCUT2D eigenvalue weighted by Crippen LogP contribution is -2.01. The number of hydrogen-bond donors (Lipinski definition) is 1. The molecule has 0 fully saturated rings. The number of aromatic nitrogens is 2. The van der Waals surface area contributed by atoms with Crippen molar-refractivity contribution in [1.82, 2.24) is 9.97 Å². The summed E-state index contributed by atoms with van der Waals surface area (Å²) in [5.74, 6) is -1.19. The third-order valence-electron chi connectivity index (χ3n) is 2.10. The van der Waals surface area contributed by atoms with Crippen LogP contribution in [0.25, 0.3) is 0 Å². The van der Waals surface area contributed by atoms with Crippen LogP contribution in [0.1, 0.15) is 5.56 Å². The average Bonchev–Trinajstić information content (AvgIpc) is 2.28. The molecule has 0 spiro atoms. The normalized spacial score (nSPS) is 10.4. The second kappa shape index (κ2) is 4.63. The van der Waals surface area contributed by atoms with E-state index >= 15 is 0 Å². The number of halogens is 3. The molecule has 0 amide bonds. The van der Waals surface area contributed by atoms with Gasteiger partial charge in [-0.25, -0.2) is 0 Å². The van der Waals surface area contributed by atoms with Crippen LogP contribution in [0.5, 0.6) is 0 Å². The molecule has 0 aliphatic heterocycles. The van der Waals surface area contributed by atoms with Crippen molar-refractivity contribution in [2.24, 2.45) is 0 Å². The largest absolute Gasteiger partial charge is 0.339 e. The number of anilines is 2. The highest BCUT2D eigenvalue weighted by Crippen LogP contribution is 2.24. The highest BCUT2D eigenvalue weighted by atomic mass is 35.5. The van der Waals surface area contributed by atoms with Gasteiger partial charge in [-0.15, -0.1) is 0 Å². The number of benzene rings is 1.